The van der Waals surface area contributed by atoms with Gasteiger partial charge in [-0.25, -0.2) is 0 Å². The van der Waals surface area contributed by atoms with E-state index in [4.69, 9.17) is 9.47 Å². The summed E-state index contributed by atoms with van der Waals surface area (Å²) in [6, 6.07) is 7.19. The molecule has 1 aromatic rings. The summed E-state index contributed by atoms with van der Waals surface area (Å²) in [5, 5.41) is 0. The Balaban J connectivity index is 2.31. The molecular weight excluding hydrogens is 252 g/mol. The maximum Gasteiger partial charge on any atom is 0.188 e. The molecule has 0 fully saturated rings. The first-order valence-electron chi connectivity index (χ1n) is 7.46. The molecule has 1 unspecified atom stereocenters. The average molecular weight is 278 g/mol. The first kappa shape index (κ1) is 16.7. The Morgan fingerprint density at radius 1 is 1.25 bits per heavy atom. The predicted octanol–water partition coefficient (Wildman–Crippen LogP) is 4.25. The van der Waals surface area contributed by atoms with Gasteiger partial charge in [-0.3, -0.25) is 4.79 Å². The van der Waals surface area contributed by atoms with Crippen LogP contribution in [0.3, 0.4) is 0 Å². The topological polar surface area (TPSA) is 35.5 Å². The molecule has 112 valence electrons. The lowest BCUT2D eigenvalue weighted by molar-refractivity contribution is 0.0483. The van der Waals surface area contributed by atoms with Crippen molar-refractivity contribution in [2.75, 3.05) is 13.7 Å². The van der Waals surface area contributed by atoms with E-state index in [1.165, 1.54) is 25.7 Å². The molecule has 0 bridgehead atoms. The number of ketones is 1. The van der Waals surface area contributed by atoms with Crippen LogP contribution in [0.15, 0.2) is 24.3 Å². The Bertz CT molecular complexity index is 401. The molecule has 1 aromatic carbocycles. The molecule has 0 N–H and O–H groups in total. The lowest BCUT2D eigenvalue weighted by Crippen LogP contribution is -2.16. The summed E-state index contributed by atoms with van der Waals surface area (Å²) >= 11 is 0. The zero-order valence-corrected chi connectivity index (χ0v) is 12.9. The van der Waals surface area contributed by atoms with E-state index in [0.717, 1.165) is 6.42 Å². The number of unbranched alkanes of at least 4 members (excludes halogenated alkanes) is 3. The summed E-state index contributed by atoms with van der Waals surface area (Å²) in [5.41, 5.74) is 0.641. The van der Waals surface area contributed by atoms with E-state index in [1.54, 1.807) is 19.2 Å². The third-order valence-electron chi connectivity index (χ3n) is 3.35. The predicted molar refractivity (Wildman–Crippen MR) is 81.5 cm³/mol. The van der Waals surface area contributed by atoms with Crippen molar-refractivity contribution in [2.24, 2.45) is 0 Å². The molecule has 0 aliphatic rings. The second-order valence-electron chi connectivity index (χ2n) is 5.13. The second-order valence-corrected chi connectivity index (χ2v) is 5.13. The van der Waals surface area contributed by atoms with Crippen LogP contribution in [0.1, 0.15) is 56.3 Å². The molecule has 0 saturated carbocycles. The smallest absolute Gasteiger partial charge is 0.188 e. The van der Waals surface area contributed by atoms with Crippen LogP contribution >= 0.6 is 0 Å². The summed E-state index contributed by atoms with van der Waals surface area (Å²) in [4.78, 5) is 12.0. The second kappa shape index (κ2) is 9.54. The fourth-order valence-electron chi connectivity index (χ4n) is 2.04. The van der Waals surface area contributed by atoms with Gasteiger partial charge in [0.15, 0.2) is 5.78 Å². The highest BCUT2D eigenvalue weighted by atomic mass is 16.5. The minimum Gasteiger partial charge on any atom is -0.497 e. The van der Waals surface area contributed by atoms with Crippen molar-refractivity contribution in [3.8, 4) is 5.75 Å². The van der Waals surface area contributed by atoms with Crippen molar-refractivity contribution in [3.63, 3.8) is 0 Å². The molecule has 0 aromatic heterocycles. The maximum atomic E-state index is 12.0. The van der Waals surface area contributed by atoms with Gasteiger partial charge < -0.3 is 9.47 Å². The van der Waals surface area contributed by atoms with Crippen molar-refractivity contribution in [1.82, 2.24) is 0 Å². The quantitative estimate of drug-likeness (QED) is 0.474. The van der Waals surface area contributed by atoms with Gasteiger partial charge in [-0.15, -0.1) is 0 Å². The van der Waals surface area contributed by atoms with E-state index < -0.39 is 0 Å². The summed E-state index contributed by atoms with van der Waals surface area (Å²) in [7, 11) is 1.60. The lowest BCUT2D eigenvalue weighted by atomic mass is 10.1. The highest BCUT2D eigenvalue weighted by Crippen LogP contribution is 2.14. The number of carbonyl (C=O) groups excluding carboxylic acids is 1. The fourth-order valence-corrected chi connectivity index (χ4v) is 2.04. The third kappa shape index (κ3) is 6.20. The molecule has 20 heavy (non-hydrogen) atoms. The van der Waals surface area contributed by atoms with Crippen LogP contribution in [0.5, 0.6) is 5.75 Å². The Morgan fingerprint density at radius 2 is 2.05 bits per heavy atom. The number of ether oxygens (including phenoxy) is 2. The average Bonchev–Trinajstić information content (AvgIpc) is 2.49. The Morgan fingerprint density at radius 3 is 2.75 bits per heavy atom. The van der Waals surface area contributed by atoms with Crippen molar-refractivity contribution in [2.45, 2.75) is 52.1 Å². The normalized spacial score (nSPS) is 12.2. The van der Waals surface area contributed by atoms with Gasteiger partial charge in [0.25, 0.3) is 0 Å². The molecular formula is C17H26O3. The van der Waals surface area contributed by atoms with Gasteiger partial charge in [0.2, 0.25) is 0 Å². The van der Waals surface area contributed by atoms with Gasteiger partial charge in [-0.2, -0.15) is 0 Å². The molecule has 0 saturated heterocycles. The van der Waals surface area contributed by atoms with Crippen molar-refractivity contribution >= 4 is 5.78 Å². The zero-order chi connectivity index (χ0) is 14.8. The standard InChI is InChI=1S/C17H26O3/c1-4-5-6-7-9-14(2)20-13-17(18)15-10-8-11-16(12-15)19-3/h8,10-12,14H,4-7,9,13H2,1-3H3. The first-order valence-corrected chi connectivity index (χ1v) is 7.46. The van der Waals surface area contributed by atoms with Gasteiger partial charge in [-0.05, 0) is 25.5 Å². The number of rotatable bonds is 10. The van der Waals surface area contributed by atoms with Gasteiger partial charge in [-0.1, -0.05) is 44.7 Å². The SMILES string of the molecule is CCCCCCC(C)OCC(=O)c1cccc(OC)c1. The van der Waals surface area contributed by atoms with Crippen LogP contribution in [0, 0.1) is 0 Å². The summed E-state index contributed by atoms with van der Waals surface area (Å²) in [6.07, 6.45) is 6.09. The summed E-state index contributed by atoms with van der Waals surface area (Å²) in [6.45, 7) is 4.37. The number of hydrogen-bond donors (Lipinski definition) is 0. The molecule has 0 radical (unpaired) electrons. The van der Waals surface area contributed by atoms with Crippen molar-refractivity contribution in [1.29, 1.82) is 0 Å². The van der Waals surface area contributed by atoms with E-state index in [1.807, 2.05) is 19.1 Å². The van der Waals surface area contributed by atoms with Gasteiger partial charge in [0, 0.05) is 5.56 Å². The number of Topliss-reactive ketones (excluding diaryl/α,β-unsaturated/α-hetero) is 1. The third-order valence-corrected chi connectivity index (χ3v) is 3.35. The van der Waals surface area contributed by atoms with E-state index >= 15 is 0 Å². The van der Waals surface area contributed by atoms with Gasteiger partial charge in [0.05, 0.1) is 13.2 Å². The fraction of sp³-hybridized carbons (Fsp3) is 0.588. The molecule has 0 aliphatic heterocycles. The molecule has 3 nitrogen and oxygen atoms in total. The highest BCUT2D eigenvalue weighted by molar-refractivity contribution is 5.97. The van der Waals surface area contributed by atoms with E-state index in [-0.39, 0.29) is 18.5 Å². The first-order chi connectivity index (χ1) is 9.67. The summed E-state index contributed by atoms with van der Waals surface area (Å²) in [5.74, 6) is 0.702. The zero-order valence-electron chi connectivity index (χ0n) is 12.9. The molecule has 3 heteroatoms. The lowest BCUT2D eigenvalue weighted by Gasteiger charge is -2.12. The van der Waals surface area contributed by atoms with Crippen LogP contribution < -0.4 is 4.74 Å². The molecule has 1 atom stereocenters. The Hall–Kier alpha value is -1.35. The monoisotopic (exact) mass is 278 g/mol. The van der Waals surface area contributed by atoms with E-state index in [0.29, 0.717) is 11.3 Å². The van der Waals surface area contributed by atoms with Crippen LogP contribution in [-0.2, 0) is 4.74 Å². The number of benzene rings is 1. The van der Waals surface area contributed by atoms with Crippen molar-refractivity contribution in [3.05, 3.63) is 29.8 Å². The largest absolute Gasteiger partial charge is 0.497 e. The Kier molecular flexibility index (Phi) is 7.97. The molecule has 0 amide bonds. The van der Waals surface area contributed by atoms with Crippen LogP contribution in [0.2, 0.25) is 0 Å². The van der Waals surface area contributed by atoms with Crippen LogP contribution in [0.25, 0.3) is 0 Å². The van der Waals surface area contributed by atoms with E-state index in [9.17, 15) is 4.79 Å². The number of hydrogen-bond acceptors (Lipinski definition) is 3. The molecule has 1 rings (SSSR count). The molecule has 0 aliphatic carbocycles. The number of carbonyl (C=O) groups is 1. The minimum absolute atomic E-state index is 0.00399. The van der Waals surface area contributed by atoms with Gasteiger partial charge >= 0.3 is 0 Å². The van der Waals surface area contributed by atoms with Crippen LogP contribution in [0.4, 0.5) is 0 Å². The molecule has 0 spiro atoms. The molecule has 0 heterocycles. The summed E-state index contributed by atoms with van der Waals surface area (Å²) < 4.78 is 10.7. The van der Waals surface area contributed by atoms with Crippen LogP contribution in [-0.4, -0.2) is 25.6 Å². The van der Waals surface area contributed by atoms with Crippen molar-refractivity contribution < 1.29 is 14.3 Å². The van der Waals surface area contributed by atoms with E-state index in [2.05, 4.69) is 6.92 Å². The maximum absolute atomic E-state index is 12.0. The Labute approximate surface area is 122 Å². The van der Waals surface area contributed by atoms with Gasteiger partial charge in [0.1, 0.15) is 12.4 Å². The minimum atomic E-state index is 0.00399. The highest BCUT2D eigenvalue weighted by Gasteiger charge is 2.10. The number of methoxy groups -OCH3 is 1.